The van der Waals surface area contributed by atoms with Gasteiger partial charge in [0.05, 0.1) is 13.7 Å². The van der Waals surface area contributed by atoms with Crippen LogP contribution in [0.2, 0.25) is 0 Å². The highest BCUT2D eigenvalue weighted by atomic mass is 16.5. The summed E-state index contributed by atoms with van der Waals surface area (Å²) in [5, 5.41) is 8.68. The summed E-state index contributed by atoms with van der Waals surface area (Å²) in [5.74, 6) is 1.04. The largest absolute Gasteiger partial charge is 0.497 e. The number of hydrogen-bond acceptors (Lipinski definition) is 3. The van der Waals surface area contributed by atoms with E-state index < -0.39 is 5.97 Å². The van der Waals surface area contributed by atoms with Crippen LogP contribution in [0.3, 0.4) is 0 Å². The first-order valence-electron chi connectivity index (χ1n) is 9.91. The SMILES string of the molecule is COc1ccc(/C=C/CCCCOc2cccc(CCCCC(=O)O)c2)cc1. The van der Waals surface area contributed by atoms with Crippen LogP contribution in [0.1, 0.15) is 49.7 Å². The minimum absolute atomic E-state index is 0.239. The summed E-state index contributed by atoms with van der Waals surface area (Å²) in [4.78, 5) is 10.5. The van der Waals surface area contributed by atoms with E-state index in [9.17, 15) is 4.79 Å². The molecular weight excluding hydrogens is 352 g/mol. The monoisotopic (exact) mass is 382 g/mol. The Balaban J connectivity index is 1.60. The number of allylic oxidation sites excluding steroid dienone is 1. The molecule has 0 spiro atoms. The van der Waals surface area contributed by atoms with Crippen LogP contribution in [0.4, 0.5) is 0 Å². The fourth-order valence-electron chi connectivity index (χ4n) is 2.88. The molecular formula is C24H30O4. The number of hydrogen-bond donors (Lipinski definition) is 1. The van der Waals surface area contributed by atoms with Gasteiger partial charge in [0.25, 0.3) is 0 Å². The van der Waals surface area contributed by atoms with Gasteiger partial charge in [-0.05, 0) is 73.9 Å². The highest BCUT2D eigenvalue weighted by Gasteiger charge is 2.00. The first-order chi connectivity index (χ1) is 13.7. The van der Waals surface area contributed by atoms with E-state index in [1.54, 1.807) is 7.11 Å². The van der Waals surface area contributed by atoms with Crippen molar-refractivity contribution in [2.45, 2.75) is 44.9 Å². The van der Waals surface area contributed by atoms with Crippen LogP contribution >= 0.6 is 0 Å². The molecule has 0 aliphatic heterocycles. The van der Waals surface area contributed by atoms with Crippen molar-refractivity contribution >= 4 is 12.0 Å². The lowest BCUT2D eigenvalue weighted by molar-refractivity contribution is -0.137. The number of rotatable bonds is 13. The third-order valence-electron chi connectivity index (χ3n) is 4.46. The molecule has 0 heterocycles. The number of ether oxygens (including phenoxy) is 2. The smallest absolute Gasteiger partial charge is 0.303 e. The summed E-state index contributed by atoms with van der Waals surface area (Å²) in [6.45, 7) is 0.707. The van der Waals surface area contributed by atoms with Crippen molar-refractivity contribution in [1.29, 1.82) is 0 Å². The lowest BCUT2D eigenvalue weighted by atomic mass is 10.1. The molecule has 28 heavy (non-hydrogen) atoms. The van der Waals surface area contributed by atoms with Crippen LogP contribution in [0.15, 0.2) is 54.6 Å². The molecule has 150 valence electrons. The zero-order chi connectivity index (χ0) is 20.0. The molecule has 0 fully saturated rings. The molecule has 0 atom stereocenters. The summed E-state index contributed by atoms with van der Waals surface area (Å²) in [6, 6.07) is 16.1. The molecule has 4 heteroatoms. The van der Waals surface area contributed by atoms with E-state index in [0.717, 1.165) is 43.6 Å². The normalized spacial score (nSPS) is 10.9. The molecule has 2 aromatic carbocycles. The van der Waals surface area contributed by atoms with Crippen molar-refractivity contribution in [3.8, 4) is 11.5 Å². The number of carboxylic acid groups (broad SMARTS) is 1. The Bertz CT molecular complexity index is 735. The number of unbranched alkanes of at least 4 members (excludes halogenated alkanes) is 3. The van der Waals surface area contributed by atoms with E-state index in [1.807, 2.05) is 36.4 Å². The van der Waals surface area contributed by atoms with E-state index in [1.165, 1.54) is 11.1 Å². The lowest BCUT2D eigenvalue weighted by Crippen LogP contribution is -1.98. The van der Waals surface area contributed by atoms with Crippen molar-refractivity contribution in [3.05, 3.63) is 65.7 Å². The molecule has 4 nitrogen and oxygen atoms in total. The second-order valence-electron chi connectivity index (χ2n) is 6.77. The third kappa shape index (κ3) is 8.76. The summed E-state index contributed by atoms with van der Waals surface area (Å²) < 4.78 is 11.0. The molecule has 1 N–H and O–H groups in total. The minimum Gasteiger partial charge on any atom is -0.497 e. The summed E-state index contributed by atoms with van der Waals surface area (Å²) >= 11 is 0. The Kier molecular flexibility index (Phi) is 9.70. The molecule has 0 unspecified atom stereocenters. The van der Waals surface area contributed by atoms with Crippen LogP contribution in [0, 0.1) is 0 Å². The highest BCUT2D eigenvalue weighted by molar-refractivity contribution is 5.66. The number of benzene rings is 2. The predicted molar refractivity (Wildman–Crippen MR) is 113 cm³/mol. The topological polar surface area (TPSA) is 55.8 Å². The Morgan fingerprint density at radius 2 is 1.82 bits per heavy atom. The second kappa shape index (κ2) is 12.6. The number of carbonyl (C=O) groups is 1. The molecule has 2 rings (SSSR count). The van der Waals surface area contributed by atoms with Gasteiger partial charge in [-0.3, -0.25) is 4.79 Å². The number of aryl methyl sites for hydroxylation is 1. The molecule has 0 aliphatic rings. The first-order valence-corrected chi connectivity index (χ1v) is 9.91. The first kappa shape index (κ1) is 21.5. The van der Waals surface area contributed by atoms with Gasteiger partial charge in [0.15, 0.2) is 0 Å². The zero-order valence-corrected chi connectivity index (χ0v) is 16.6. The molecule has 0 saturated heterocycles. The minimum atomic E-state index is -0.726. The van der Waals surface area contributed by atoms with Gasteiger partial charge >= 0.3 is 5.97 Å². The van der Waals surface area contributed by atoms with Gasteiger partial charge in [-0.2, -0.15) is 0 Å². The van der Waals surface area contributed by atoms with Crippen molar-refractivity contribution < 1.29 is 19.4 Å². The molecule has 0 radical (unpaired) electrons. The number of carboxylic acids is 1. The van der Waals surface area contributed by atoms with Crippen LogP contribution < -0.4 is 9.47 Å². The average Bonchev–Trinajstić information content (AvgIpc) is 2.71. The Morgan fingerprint density at radius 1 is 1.00 bits per heavy atom. The fraction of sp³-hybridized carbons (Fsp3) is 0.375. The van der Waals surface area contributed by atoms with Crippen LogP contribution in [0.25, 0.3) is 6.08 Å². The molecule has 0 aromatic heterocycles. The van der Waals surface area contributed by atoms with E-state index >= 15 is 0 Å². The Labute approximate surface area is 167 Å². The third-order valence-corrected chi connectivity index (χ3v) is 4.46. The van der Waals surface area contributed by atoms with Crippen molar-refractivity contribution in [3.63, 3.8) is 0 Å². The van der Waals surface area contributed by atoms with Crippen LogP contribution in [-0.4, -0.2) is 24.8 Å². The Morgan fingerprint density at radius 3 is 2.57 bits per heavy atom. The molecule has 0 saturated carbocycles. The zero-order valence-electron chi connectivity index (χ0n) is 16.6. The standard InChI is InChI=1S/C24H30O4/c1-27-22-16-14-20(15-17-22)9-4-2-3-7-18-28-23-12-8-11-21(19-23)10-5-6-13-24(25)26/h4,8-9,11-12,14-17,19H,2-3,5-7,10,13,18H2,1H3,(H,25,26)/b9-4+. The van der Waals surface area contributed by atoms with Gasteiger partial charge in [0.2, 0.25) is 0 Å². The second-order valence-corrected chi connectivity index (χ2v) is 6.77. The maximum absolute atomic E-state index is 10.5. The molecule has 0 aliphatic carbocycles. The summed E-state index contributed by atoms with van der Waals surface area (Å²) in [5.41, 5.74) is 2.38. The average molecular weight is 383 g/mol. The van der Waals surface area contributed by atoms with Gasteiger partial charge < -0.3 is 14.6 Å². The quantitative estimate of drug-likeness (QED) is 0.448. The predicted octanol–water partition coefficient (Wildman–Crippen LogP) is 5.76. The fourth-order valence-corrected chi connectivity index (χ4v) is 2.88. The molecule has 2 aromatic rings. The molecule has 0 amide bonds. The summed E-state index contributed by atoms with van der Waals surface area (Å²) in [6.07, 6.45) is 10.2. The van der Waals surface area contributed by atoms with Crippen molar-refractivity contribution in [2.75, 3.05) is 13.7 Å². The van der Waals surface area contributed by atoms with Crippen LogP contribution in [0.5, 0.6) is 11.5 Å². The van der Waals surface area contributed by atoms with Gasteiger partial charge in [0.1, 0.15) is 11.5 Å². The molecule has 0 bridgehead atoms. The Hall–Kier alpha value is -2.75. The highest BCUT2D eigenvalue weighted by Crippen LogP contribution is 2.16. The maximum Gasteiger partial charge on any atom is 0.303 e. The van der Waals surface area contributed by atoms with Gasteiger partial charge in [-0.25, -0.2) is 0 Å². The van der Waals surface area contributed by atoms with Crippen LogP contribution in [-0.2, 0) is 11.2 Å². The van der Waals surface area contributed by atoms with Gasteiger partial charge in [-0.15, -0.1) is 0 Å². The lowest BCUT2D eigenvalue weighted by Gasteiger charge is -2.08. The maximum atomic E-state index is 10.5. The van der Waals surface area contributed by atoms with Gasteiger partial charge in [0, 0.05) is 6.42 Å². The van der Waals surface area contributed by atoms with Crippen molar-refractivity contribution in [2.24, 2.45) is 0 Å². The summed E-state index contributed by atoms with van der Waals surface area (Å²) in [7, 11) is 1.67. The van der Waals surface area contributed by atoms with E-state index in [0.29, 0.717) is 13.0 Å². The van der Waals surface area contributed by atoms with Gasteiger partial charge in [-0.1, -0.05) is 36.4 Å². The van der Waals surface area contributed by atoms with E-state index in [2.05, 4.69) is 24.3 Å². The van der Waals surface area contributed by atoms with E-state index in [4.69, 9.17) is 14.6 Å². The van der Waals surface area contributed by atoms with E-state index in [-0.39, 0.29) is 6.42 Å². The number of methoxy groups -OCH3 is 1. The number of aliphatic carboxylic acids is 1. The van der Waals surface area contributed by atoms with Crippen molar-refractivity contribution in [1.82, 2.24) is 0 Å².